The van der Waals surface area contributed by atoms with E-state index in [0.29, 0.717) is 41.2 Å². The smallest absolute Gasteiger partial charge is 0.374 e. The minimum Gasteiger partial charge on any atom is -0.475 e. The number of aromatic carboxylic acids is 1. The molecule has 1 aromatic carbocycles. The molecule has 3 heterocycles. The Morgan fingerprint density at radius 2 is 1.91 bits per heavy atom. The van der Waals surface area contributed by atoms with Crippen LogP contribution in [0.1, 0.15) is 72.6 Å². The lowest BCUT2D eigenvalue weighted by Gasteiger charge is -2.32. The van der Waals surface area contributed by atoms with E-state index in [0.717, 1.165) is 10.6 Å². The minimum absolute atomic E-state index is 0.169. The van der Waals surface area contributed by atoms with Crippen molar-refractivity contribution in [1.29, 1.82) is 0 Å². The number of imidazole rings is 1. The lowest BCUT2D eigenvalue weighted by atomic mass is 9.80. The summed E-state index contributed by atoms with van der Waals surface area (Å²) in [5.41, 5.74) is 3.37. The summed E-state index contributed by atoms with van der Waals surface area (Å²) in [4.78, 5) is 31.3. The monoisotopic (exact) mass is 490 g/mol. The summed E-state index contributed by atoms with van der Waals surface area (Å²) >= 11 is 1.61. The number of aromatic nitrogens is 5. The molecule has 3 aromatic heterocycles. The number of carboxylic acids is 1. The molecule has 0 aliphatic heterocycles. The van der Waals surface area contributed by atoms with Crippen LogP contribution in [-0.2, 0) is 6.54 Å². The van der Waals surface area contributed by atoms with Gasteiger partial charge in [0.05, 0.1) is 0 Å². The van der Waals surface area contributed by atoms with Gasteiger partial charge in [-0.05, 0) is 44.1 Å². The summed E-state index contributed by atoms with van der Waals surface area (Å²) in [6, 6.07) is 8.55. The third-order valence-electron chi connectivity index (χ3n) is 6.76. The molecule has 1 saturated carbocycles. The Bertz CT molecular complexity index is 1370. The molecule has 0 unspecified atom stereocenters. The molecule has 8 nitrogen and oxygen atoms in total. The standard InChI is InChI=1S/C26H30N6O2S/c1-14(2)19-12-27-25(35-19)24-31-22-20(32(24)13-17-10-8-15(3)9-11-17)21(29-23(30-22)26(33)34)28-16(4)18-6-5-7-18/h8-12,14,16,18H,5-7,13H2,1-4H3,(H,33,34)(H,28,29,30)/t16-/m1/s1. The van der Waals surface area contributed by atoms with Gasteiger partial charge >= 0.3 is 5.97 Å². The van der Waals surface area contributed by atoms with Gasteiger partial charge in [-0.2, -0.15) is 0 Å². The number of benzene rings is 1. The lowest BCUT2D eigenvalue weighted by molar-refractivity contribution is 0.0684. The molecule has 0 spiro atoms. The first-order valence-corrected chi connectivity index (χ1v) is 12.9. The molecule has 1 fully saturated rings. The van der Waals surface area contributed by atoms with Gasteiger partial charge in [0.15, 0.2) is 22.3 Å². The average molecular weight is 491 g/mol. The number of nitrogens with zero attached hydrogens (tertiary/aromatic N) is 5. The van der Waals surface area contributed by atoms with Crippen LogP contribution in [0, 0.1) is 12.8 Å². The first-order valence-electron chi connectivity index (χ1n) is 12.1. The van der Waals surface area contributed by atoms with Gasteiger partial charge in [0.25, 0.3) is 0 Å². The number of hydrogen-bond donors (Lipinski definition) is 2. The summed E-state index contributed by atoms with van der Waals surface area (Å²) in [5.74, 6) is 0.669. The van der Waals surface area contributed by atoms with E-state index in [1.807, 2.05) is 6.20 Å². The van der Waals surface area contributed by atoms with Crippen molar-refractivity contribution in [3.8, 4) is 10.8 Å². The molecule has 0 radical (unpaired) electrons. The molecular weight excluding hydrogens is 460 g/mol. The third-order valence-corrected chi connectivity index (χ3v) is 8.05. The molecular formula is C26H30N6O2S. The van der Waals surface area contributed by atoms with Crippen LogP contribution in [0.25, 0.3) is 22.0 Å². The van der Waals surface area contributed by atoms with Crippen LogP contribution in [0.4, 0.5) is 5.82 Å². The molecule has 2 N–H and O–H groups in total. The quantitative estimate of drug-likeness (QED) is 0.325. The normalized spacial score (nSPS) is 14.9. The van der Waals surface area contributed by atoms with Gasteiger partial charge in [-0.25, -0.2) is 24.7 Å². The molecule has 1 aliphatic rings. The Hall–Kier alpha value is -3.33. The van der Waals surface area contributed by atoms with Crippen LogP contribution >= 0.6 is 11.3 Å². The van der Waals surface area contributed by atoms with Gasteiger partial charge in [-0.15, -0.1) is 11.3 Å². The van der Waals surface area contributed by atoms with Crippen LogP contribution in [-0.4, -0.2) is 41.6 Å². The number of fused-ring (bicyclic) bond motifs is 1. The van der Waals surface area contributed by atoms with E-state index in [-0.39, 0.29) is 11.9 Å². The molecule has 9 heteroatoms. The molecule has 182 valence electrons. The molecule has 1 aliphatic carbocycles. The van der Waals surface area contributed by atoms with E-state index in [1.54, 1.807) is 11.3 Å². The van der Waals surface area contributed by atoms with Gasteiger partial charge in [0, 0.05) is 23.7 Å². The number of anilines is 1. The Labute approximate surface area is 208 Å². The van der Waals surface area contributed by atoms with Crippen LogP contribution in [0.5, 0.6) is 0 Å². The zero-order chi connectivity index (χ0) is 24.7. The van der Waals surface area contributed by atoms with E-state index < -0.39 is 5.97 Å². The molecule has 5 rings (SSSR count). The Morgan fingerprint density at radius 1 is 1.17 bits per heavy atom. The fourth-order valence-corrected chi connectivity index (χ4v) is 5.27. The predicted octanol–water partition coefficient (Wildman–Crippen LogP) is 5.73. The van der Waals surface area contributed by atoms with E-state index in [2.05, 4.69) is 76.8 Å². The minimum atomic E-state index is -1.17. The summed E-state index contributed by atoms with van der Waals surface area (Å²) in [5, 5.41) is 14.0. The number of rotatable bonds is 8. The number of carboxylic acid groups (broad SMARTS) is 1. The fraction of sp³-hybridized carbons (Fsp3) is 0.423. The van der Waals surface area contributed by atoms with Crippen molar-refractivity contribution in [2.24, 2.45) is 5.92 Å². The zero-order valence-corrected chi connectivity index (χ0v) is 21.3. The summed E-state index contributed by atoms with van der Waals surface area (Å²) in [7, 11) is 0. The van der Waals surface area contributed by atoms with Gasteiger partial charge < -0.3 is 15.0 Å². The van der Waals surface area contributed by atoms with Crippen molar-refractivity contribution in [2.45, 2.75) is 65.5 Å². The van der Waals surface area contributed by atoms with E-state index in [1.165, 1.54) is 29.7 Å². The van der Waals surface area contributed by atoms with Gasteiger partial charge in [0.1, 0.15) is 5.52 Å². The van der Waals surface area contributed by atoms with Crippen LogP contribution < -0.4 is 5.32 Å². The number of hydrogen-bond acceptors (Lipinski definition) is 7. The Morgan fingerprint density at radius 3 is 2.51 bits per heavy atom. The van der Waals surface area contributed by atoms with Crippen molar-refractivity contribution in [1.82, 2.24) is 24.5 Å². The van der Waals surface area contributed by atoms with E-state index in [9.17, 15) is 9.90 Å². The summed E-state index contributed by atoms with van der Waals surface area (Å²) in [6.45, 7) is 9.03. The summed E-state index contributed by atoms with van der Waals surface area (Å²) in [6.07, 6.45) is 5.46. The maximum Gasteiger partial charge on any atom is 0.374 e. The first kappa shape index (κ1) is 23.4. The van der Waals surface area contributed by atoms with Crippen LogP contribution in [0.15, 0.2) is 30.5 Å². The molecule has 35 heavy (non-hydrogen) atoms. The van der Waals surface area contributed by atoms with Crippen molar-refractivity contribution < 1.29 is 9.90 Å². The molecule has 0 amide bonds. The van der Waals surface area contributed by atoms with E-state index >= 15 is 0 Å². The van der Waals surface area contributed by atoms with Crippen molar-refractivity contribution >= 4 is 34.3 Å². The van der Waals surface area contributed by atoms with Crippen LogP contribution in [0.2, 0.25) is 0 Å². The second-order valence-corrected chi connectivity index (χ2v) is 10.8. The first-order chi connectivity index (χ1) is 16.8. The highest BCUT2D eigenvalue weighted by Gasteiger charge is 2.28. The average Bonchev–Trinajstić information content (AvgIpc) is 3.39. The largest absolute Gasteiger partial charge is 0.475 e. The second kappa shape index (κ2) is 9.37. The summed E-state index contributed by atoms with van der Waals surface area (Å²) < 4.78 is 2.07. The number of carbonyl (C=O) groups is 1. The van der Waals surface area contributed by atoms with Gasteiger partial charge in [-0.1, -0.05) is 50.1 Å². The second-order valence-electron chi connectivity index (χ2n) is 9.73. The highest BCUT2D eigenvalue weighted by molar-refractivity contribution is 7.15. The number of aryl methyl sites for hydroxylation is 1. The van der Waals surface area contributed by atoms with Gasteiger partial charge in [0.2, 0.25) is 5.82 Å². The fourth-order valence-electron chi connectivity index (χ4n) is 4.36. The van der Waals surface area contributed by atoms with Crippen molar-refractivity contribution in [3.05, 3.63) is 52.3 Å². The molecule has 0 saturated heterocycles. The maximum atomic E-state index is 11.8. The Kier molecular flexibility index (Phi) is 6.27. The maximum absolute atomic E-state index is 11.8. The molecule has 1 atom stereocenters. The van der Waals surface area contributed by atoms with Crippen molar-refractivity contribution in [3.63, 3.8) is 0 Å². The predicted molar refractivity (Wildman–Crippen MR) is 138 cm³/mol. The Balaban J connectivity index is 1.69. The molecule has 4 aromatic rings. The van der Waals surface area contributed by atoms with Gasteiger partial charge in [-0.3, -0.25) is 0 Å². The zero-order valence-electron chi connectivity index (χ0n) is 20.4. The van der Waals surface area contributed by atoms with Crippen molar-refractivity contribution in [2.75, 3.05) is 5.32 Å². The lowest BCUT2D eigenvalue weighted by Crippen LogP contribution is -2.31. The number of thiazole rings is 1. The topological polar surface area (TPSA) is 106 Å². The van der Waals surface area contributed by atoms with E-state index in [4.69, 9.17) is 4.98 Å². The molecule has 0 bridgehead atoms. The third kappa shape index (κ3) is 4.65. The number of nitrogens with one attached hydrogen (secondary N) is 1. The SMILES string of the molecule is Cc1ccc(Cn2c(-c3ncc(C(C)C)s3)nc3nc(C(=O)O)nc(N[C@H](C)C4CCC4)c32)cc1. The highest BCUT2D eigenvalue weighted by atomic mass is 32.1. The highest BCUT2D eigenvalue weighted by Crippen LogP contribution is 2.35. The van der Waals surface area contributed by atoms with Crippen LogP contribution in [0.3, 0.4) is 0 Å².